The van der Waals surface area contributed by atoms with Crippen LogP contribution in [0.3, 0.4) is 0 Å². The van der Waals surface area contributed by atoms with Gasteiger partial charge in [0.1, 0.15) is 0 Å². The van der Waals surface area contributed by atoms with Crippen LogP contribution in [0.15, 0.2) is 30.5 Å². The molecule has 4 heteroatoms. The van der Waals surface area contributed by atoms with Gasteiger partial charge in [0, 0.05) is 18.0 Å². The van der Waals surface area contributed by atoms with Crippen molar-refractivity contribution in [3.05, 3.63) is 30.5 Å². The summed E-state index contributed by atoms with van der Waals surface area (Å²) in [5, 5.41) is 21.7. The Hall–Kier alpha value is -1.68. The molecule has 18 heavy (non-hydrogen) atoms. The third kappa shape index (κ3) is 2.76. The summed E-state index contributed by atoms with van der Waals surface area (Å²) in [4.78, 5) is 0. The average molecular weight is 245 g/mol. The summed E-state index contributed by atoms with van der Waals surface area (Å²) in [5.74, 6) is 0.448. The average Bonchev–Trinajstić information content (AvgIpc) is 2.38. The number of hydrogen-bond acceptors (Lipinski definition) is 4. The molecule has 0 amide bonds. The Morgan fingerprint density at radius 3 is 2.78 bits per heavy atom. The SMILES string of the molecule is CC(C)C(CCO)Nc1cnnc2ccccc12. The van der Waals surface area contributed by atoms with E-state index in [1.165, 1.54) is 0 Å². The Balaban J connectivity index is 2.30. The third-order valence-electron chi connectivity index (χ3n) is 3.13. The maximum atomic E-state index is 9.11. The molecule has 0 aliphatic carbocycles. The zero-order chi connectivity index (χ0) is 13.0. The zero-order valence-corrected chi connectivity index (χ0v) is 10.8. The Labute approximate surface area is 107 Å². The molecule has 2 rings (SSSR count). The van der Waals surface area contributed by atoms with Crippen molar-refractivity contribution >= 4 is 16.6 Å². The van der Waals surface area contributed by atoms with E-state index in [1.807, 2.05) is 24.3 Å². The second kappa shape index (κ2) is 5.78. The Bertz CT molecular complexity index is 508. The smallest absolute Gasteiger partial charge is 0.0950 e. The van der Waals surface area contributed by atoms with Crippen molar-refractivity contribution in [2.24, 2.45) is 5.92 Å². The molecule has 96 valence electrons. The summed E-state index contributed by atoms with van der Waals surface area (Å²) >= 11 is 0. The second-order valence-corrected chi connectivity index (χ2v) is 4.78. The number of aromatic nitrogens is 2. The fourth-order valence-corrected chi connectivity index (χ4v) is 2.03. The van der Waals surface area contributed by atoms with E-state index in [9.17, 15) is 0 Å². The molecule has 1 aromatic heterocycles. The molecule has 0 saturated heterocycles. The molecule has 1 unspecified atom stereocenters. The van der Waals surface area contributed by atoms with E-state index < -0.39 is 0 Å². The topological polar surface area (TPSA) is 58.0 Å². The molecular weight excluding hydrogens is 226 g/mol. The van der Waals surface area contributed by atoms with Gasteiger partial charge in [0.15, 0.2) is 0 Å². The predicted octanol–water partition coefficient (Wildman–Crippen LogP) is 2.45. The first-order valence-corrected chi connectivity index (χ1v) is 6.30. The van der Waals surface area contributed by atoms with Crippen molar-refractivity contribution in [1.29, 1.82) is 0 Å². The Kier molecular flexibility index (Phi) is 4.10. The van der Waals surface area contributed by atoms with Crippen molar-refractivity contribution in [3.63, 3.8) is 0 Å². The number of anilines is 1. The Morgan fingerprint density at radius 2 is 2.06 bits per heavy atom. The highest BCUT2D eigenvalue weighted by atomic mass is 16.3. The summed E-state index contributed by atoms with van der Waals surface area (Å²) in [6.45, 7) is 4.47. The van der Waals surface area contributed by atoms with Crippen LogP contribution in [0.4, 0.5) is 5.69 Å². The van der Waals surface area contributed by atoms with Crippen LogP contribution in [0.1, 0.15) is 20.3 Å². The first-order valence-electron chi connectivity index (χ1n) is 6.30. The van der Waals surface area contributed by atoms with E-state index in [2.05, 4.69) is 29.4 Å². The summed E-state index contributed by atoms with van der Waals surface area (Å²) in [6, 6.07) is 8.16. The van der Waals surface area contributed by atoms with E-state index in [0.717, 1.165) is 23.0 Å². The summed E-state index contributed by atoms with van der Waals surface area (Å²) < 4.78 is 0. The standard InChI is InChI=1S/C14H19N3O/c1-10(2)12(7-8-18)16-14-9-15-17-13-6-4-3-5-11(13)14/h3-6,9-10,12,18H,7-8H2,1-2H3,(H,16,17). The minimum atomic E-state index is 0.187. The summed E-state index contributed by atoms with van der Waals surface area (Å²) in [7, 11) is 0. The van der Waals surface area contributed by atoms with Gasteiger partial charge in [-0.05, 0) is 18.4 Å². The number of benzene rings is 1. The highest BCUT2D eigenvalue weighted by Crippen LogP contribution is 2.22. The quantitative estimate of drug-likeness (QED) is 0.849. The van der Waals surface area contributed by atoms with E-state index in [-0.39, 0.29) is 12.6 Å². The molecular formula is C14H19N3O. The van der Waals surface area contributed by atoms with Gasteiger partial charge in [-0.15, -0.1) is 0 Å². The van der Waals surface area contributed by atoms with Crippen LogP contribution >= 0.6 is 0 Å². The van der Waals surface area contributed by atoms with Gasteiger partial charge in [0.2, 0.25) is 0 Å². The number of aliphatic hydroxyl groups is 1. The molecule has 0 fully saturated rings. The molecule has 0 spiro atoms. The maximum absolute atomic E-state index is 9.11. The molecule has 0 saturated carbocycles. The van der Waals surface area contributed by atoms with Gasteiger partial charge in [-0.1, -0.05) is 32.0 Å². The van der Waals surface area contributed by atoms with Crippen molar-refractivity contribution in [2.75, 3.05) is 11.9 Å². The number of nitrogens with zero attached hydrogens (tertiary/aromatic N) is 2. The first-order chi connectivity index (χ1) is 8.72. The normalized spacial score (nSPS) is 12.9. The first kappa shape index (κ1) is 12.8. The van der Waals surface area contributed by atoms with Gasteiger partial charge < -0.3 is 10.4 Å². The van der Waals surface area contributed by atoms with Crippen molar-refractivity contribution in [2.45, 2.75) is 26.3 Å². The van der Waals surface area contributed by atoms with Crippen molar-refractivity contribution in [3.8, 4) is 0 Å². The monoisotopic (exact) mass is 245 g/mol. The van der Waals surface area contributed by atoms with Gasteiger partial charge in [0.05, 0.1) is 17.4 Å². The van der Waals surface area contributed by atoms with Crippen LogP contribution in [0.2, 0.25) is 0 Å². The van der Waals surface area contributed by atoms with Crippen LogP contribution in [0, 0.1) is 5.92 Å². The molecule has 0 bridgehead atoms. The molecule has 4 nitrogen and oxygen atoms in total. The highest BCUT2D eigenvalue weighted by Gasteiger charge is 2.14. The molecule has 0 aliphatic heterocycles. The van der Waals surface area contributed by atoms with E-state index >= 15 is 0 Å². The zero-order valence-electron chi connectivity index (χ0n) is 10.8. The van der Waals surface area contributed by atoms with E-state index in [4.69, 9.17) is 5.11 Å². The fraction of sp³-hybridized carbons (Fsp3) is 0.429. The van der Waals surface area contributed by atoms with Crippen LogP contribution in [-0.4, -0.2) is 28.0 Å². The molecule has 0 aliphatic rings. The number of rotatable bonds is 5. The molecule has 2 aromatic rings. The Morgan fingerprint density at radius 1 is 1.28 bits per heavy atom. The third-order valence-corrected chi connectivity index (χ3v) is 3.13. The van der Waals surface area contributed by atoms with E-state index in [1.54, 1.807) is 6.20 Å². The van der Waals surface area contributed by atoms with Crippen LogP contribution < -0.4 is 5.32 Å². The second-order valence-electron chi connectivity index (χ2n) is 4.78. The van der Waals surface area contributed by atoms with Gasteiger partial charge in [-0.25, -0.2) is 0 Å². The number of fused-ring (bicyclic) bond motifs is 1. The number of aliphatic hydroxyl groups excluding tert-OH is 1. The lowest BCUT2D eigenvalue weighted by Gasteiger charge is -2.23. The molecule has 2 N–H and O–H groups in total. The maximum Gasteiger partial charge on any atom is 0.0950 e. The highest BCUT2D eigenvalue weighted by molar-refractivity contribution is 5.90. The van der Waals surface area contributed by atoms with Crippen LogP contribution in [-0.2, 0) is 0 Å². The molecule has 1 aromatic carbocycles. The number of hydrogen-bond donors (Lipinski definition) is 2. The van der Waals surface area contributed by atoms with Crippen molar-refractivity contribution in [1.82, 2.24) is 10.2 Å². The largest absolute Gasteiger partial charge is 0.396 e. The van der Waals surface area contributed by atoms with Gasteiger partial charge in [-0.2, -0.15) is 10.2 Å². The molecule has 0 radical (unpaired) electrons. The number of nitrogens with one attached hydrogen (secondary N) is 1. The minimum absolute atomic E-state index is 0.187. The van der Waals surface area contributed by atoms with Gasteiger partial charge >= 0.3 is 0 Å². The predicted molar refractivity (Wildman–Crippen MR) is 73.5 cm³/mol. The lowest BCUT2D eigenvalue weighted by molar-refractivity contribution is 0.267. The molecule has 1 heterocycles. The van der Waals surface area contributed by atoms with Crippen LogP contribution in [0.5, 0.6) is 0 Å². The van der Waals surface area contributed by atoms with Gasteiger partial charge in [-0.3, -0.25) is 0 Å². The van der Waals surface area contributed by atoms with E-state index in [0.29, 0.717) is 5.92 Å². The van der Waals surface area contributed by atoms with Gasteiger partial charge in [0.25, 0.3) is 0 Å². The summed E-state index contributed by atoms with van der Waals surface area (Å²) in [5.41, 5.74) is 1.86. The van der Waals surface area contributed by atoms with Crippen LogP contribution in [0.25, 0.3) is 10.9 Å². The summed E-state index contributed by atoms with van der Waals surface area (Å²) in [6.07, 6.45) is 2.48. The fourth-order valence-electron chi connectivity index (χ4n) is 2.03. The lowest BCUT2D eigenvalue weighted by atomic mass is 10.0. The molecule has 1 atom stereocenters. The minimum Gasteiger partial charge on any atom is -0.396 e. The lowest BCUT2D eigenvalue weighted by Crippen LogP contribution is -2.27. The van der Waals surface area contributed by atoms with Crippen molar-refractivity contribution < 1.29 is 5.11 Å².